The van der Waals surface area contributed by atoms with Gasteiger partial charge in [0.1, 0.15) is 0 Å². The van der Waals surface area contributed by atoms with E-state index in [2.05, 4.69) is 15.0 Å². The smallest absolute Gasteiger partial charge is 0.394 e. The van der Waals surface area contributed by atoms with Gasteiger partial charge in [0.2, 0.25) is 5.03 Å². The summed E-state index contributed by atoms with van der Waals surface area (Å²) in [6.45, 7) is -0.634. The first kappa shape index (κ1) is 17.4. The molecule has 0 fully saturated rings. The second kappa shape index (κ2) is 6.26. The number of aryl methyl sites for hydroxylation is 1. The van der Waals surface area contributed by atoms with Gasteiger partial charge in [-0.05, 0) is 17.7 Å². The molecular weight excluding hydrogens is 337 g/mol. The summed E-state index contributed by atoms with van der Waals surface area (Å²) in [4.78, 5) is 0. The quantitative estimate of drug-likeness (QED) is 0.833. The fourth-order valence-corrected chi connectivity index (χ4v) is 2.95. The van der Waals surface area contributed by atoms with Crippen molar-refractivity contribution in [1.82, 2.24) is 19.7 Å². The zero-order valence-corrected chi connectivity index (χ0v) is 12.6. The molecule has 11 heteroatoms. The number of nitrogens with zero attached hydrogens (tertiary/aromatic N) is 3. The topological polar surface area (TPSA) is 97.1 Å². The minimum absolute atomic E-state index is 0.188. The maximum absolute atomic E-state index is 12.5. The SMILES string of the molecule is Cn1cc(S(=O)(=O)NC(CO)c2ccc(C(F)(F)F)cc2)nn1. The third-order valence-electron chi connectivity index (χ3n) is 2.98. The number of alkyl halides is 3. The second-order valence-corrected chi connectivity index (χ2v) is 6.37. The number of halogens is 3. The number of aliphatic hydroxyl groups is 1. The molecule has 0 radical (unpaired) electrons. The Bertz CT molecular complexity index is 772. The fourth-order valence-electron chi connectivity index (χ4n) is 1.81. The summed E-state index contributed by atoms with van der Waals surface area (Å²) in [7, 11) is -2.59. The highest BCUT2D eigenvalue weighted by molar-refractivity contribution is 7.89. The van der Waals surface area contributed by atoms with Crippen LogP contribution in [0.2, 0.25) is 0 Å². The summed E-state index contributed by atoms with van der Waals surface area (Å²) >= 11 is 0. The summed E-state index contributed by atoms with van der Waals surface area (Å²) in [6.07, 6.45) is -3.34. The van der Waals surface area contributed by atoms with Crippen molar-refractivity contribution in [3.63, 3.8) is 0 Å². The second-order valence-electron chi connectivity index (χ2n) is 4.71. The van der Waals surface area contributed by atoms with Crippen molar-refractivity contribution < 1.29 is 26.7 Å². The molecule has 1 aromatic carbocycles. The van der Waals surface area contributed by atoms with E-state index in [4.69, 9.17) is 0 Å². The average Bonchev–Trinajstić information content (AvgIpc) is 2.91. The molecule has 1 atom stereocenters. The van der Waals surface area contributed by atoms with Crippen LogP contribution in [0.25, 0.3) is 0 Å². The molecule has 0 saturated carbocycles. The molecule has 1 heterocycles. The van der Waals surface area contributed by atoms with Crippen molar-refractivity contribution in [2.45, 2.75) is 17.2 Å². The number of hydrogen-bond acceptors (Lipinski definition) is 5. The lowest BCUT2D eigenvalue weighted by molar-refractivity contribution is -0.137. The molecule has 0 aliphatic carbocycles. The Morgan fingerprint density at radius 3 is 2.35 bits per heavy atom. The summed E-state index contributed by atoms with van der Waals surface area (Å²) in [5.41, 5.74) is -0.678. The van der Waals surface area contributed by atoms with Gasteiger partial charge in [0.25, 0.3) is 10.0 Å². The van der Waals surface area contributed by atoms with Gasteiger partial charge in [0, 0.05) is 7.05 Å². The minimum atomic E-state index is -4.49. The minimum Gasteiger partial charge on any atom is -0.394 e. The molecule has 1 unspecified atom stereocenters. The van der Waals surface area contributed by atoms with Crippen LogP contribution in [0.4, 0.5) is 13.2 Å². The zero-order valence-electron chi connectivity index (χ0n) is 11.8. The van der Waals surface area contributed by atoms with Gasteiger partial charge in [-0.1, -0.05) is 17.3 Å². The molecular formula is C12H13F3N4O3S. The monoisotopic (exact) mass is 350 g/mol. The van der Waals surface area contributed by atoms with Gasteiger partial charge in [-0.2, -0.15) is 17.9 Å². The van der Waals surface area contributed by atoms with Gasteiger partial charge >= 0.3 is 6.18 Å². The van der Waals surface area contributed by atoms with Crippen LogP contribution in [0, 0.1) is 0 Å². The van der Waals surface area contributed by atoms with Gasteiger partial charge in [0.05, 0.1) is 24.4 Å². The largest absolute Gasteiger partial charge is 0.416 e. The Hall–Kier alpha value is -1.98. The van der Waals surface area contributed by atoms with Crippen LogP contribution in [-0.2, 0) is 23.2 Å². The number of nitrogens with one attached hydrogen (secondary N) is 1. The van der Waals surface area contributed by atoms with E-state index in [9.17, 15) is 26.7 Å². The van der Waals surface area contributed by atoms with Gasteiger partial charge in [-0.3, -0.25) is 4.68 Å². The van der Waals surface area contributed by atoms with E-state index in [-0.39, 0.29) is 10.6 Å². The van der Waals surface area contributed by atoms with E-state index in [0.29, 0.717) is 0 Å². The highest BCUT2D eigenvalue weighted by Crippen LogP contribution is 2.30. The van der Waals surface area contributed by atoms with Crippen LogP contribution in [0.1, 0.15) is 17.2 Å². The van der Waals surface area contributed by atoms with Crippen molar-refractivity contribution in [2.24, 2.45) is 7.05 Å². The third-order valence-corrected chi connectivity index (χ3v) is 4.31. The Kier molecular flexibility index (Phi) is 4.73. The van der Waals surface area contributed by atoms with Crippen LogP contribution in [0.15, 0.2) is 35.5 Å². The number of hydrogen-bond donors (Lipinski definition) is 2. The normalized spacial score (nSPS) is 14.0. The Morgan fingerprint density at radius 1 is 1.30 bits per heavy atom. The highest BCUT2D eigenvalue weighted by Gasteiger charge is 2.30. The maximum Gasteiger partial charge on any atom is 0.416 e. The molecule has 2 rings (SSSR count). The van der Waals surface area contributed by atoms with Crippen LogP contribution in [0.5, 0.6) is 0 Å². The lowest BCUT2D eigenvalue weighted by Crippen LogP contribution is -2.31. The Balaban J connectivity index is 2.23. The fraction of sp³-hybridized carbons (Fsp3) is 0.333. The van der Waals surface area contributed by atoms with Crippen molar-refractivity contribution in [3.05, 3.63) is 41.6 Å². The van der Waals surface area contributed by atoms with Gasteiger partial charge in [-0.15, -0.1) is 5.10 Å². The zero-order chi connectivity index (χ0) is 17.3. The van der Waals surface area contributed by atoms with Gasteiger partial charge in [-0.25, -0.2) is 8.42 Å². The Morgan fingerprint density at radius 2 is 1.91 bits per heavy atom. The molecule has 2 N–H and O–H groups in total. The van der Waals surface area contributed by atoms with Crippen molar-refractivity contribution in [2.75, 3.05) is 6.61 Å². The van der Waals surface area contributed by atoms with Crippen LogP contribution in [-0.4, -0.2) is 35.1 Å². The van der Waals surface area contributed by atoms with E-state index in [1.165, 1.54) is 11.7 Å². The molecule has 0 saturated heterocycles. The molecule has 0 spiro atoms. The van der Waals surface area contributed by atoms with E-state index in [0.717, 1.165) is 30.5 Å². The first-order valence-electron chi connectivity index (χ1n) is 6.30. The summed E-state index contributed by atoms with van der Waals surface area (Å²) in [5.74, 6) is 0. The predicted octanol–water partition coefficient (Wildman–Crippen LogP) is 0.846. The van der Waals surface area contributed by atoms with Crippen molar-refractivity contribution in [3.8, 4) is 0 Å². The molecule has 0 amide bonds. The maximum atomic E-state index is 12.5. The van der Waals surface area contributed by atoms with Gasteiger partial charge in [0.15, 0.2) is 0 Å². The predicted molar refractivity (Wildman–Crippen MR) is 72.6 cm³/mol. The van der Waals surface area contributed by atoms with Crippen molar-refractivity contribution in [1.29, 1.82) is 0 Å². The van der Waals surface area contributed by atoms with Crippen molar-refractivity contribution >= 4 is 10.0 Å². The molecule has 0 aliphatic heterocycles. The molecule has 0 aliphatic rings. The number of benzene rings is 1. The first-order chi connectivity index (χ1) is 10.6. The number of rotatable bonds is 5. The Labute approximate surface area is 129 Å². The number of aromatic nitrogens is 3. The molecule has 126 valence electrons. The van der Waals surface area contributed by atoms with E-state index < -0.39 is 34.4 Å². The van der Waals surface area contributed by atoms with E-state index >= 15 is 0 Å². The average molecular weight is 350 g/mol. The molecule has 0 bridgehead atoms. The third kappa shape index (κ3) is 4.06. The highest BCUT2D eigenvalue weighted by atomic mass is 32.2. The molecule has 7 nitrogen and oxygen atoms in total. The number of sulfonamides is 1. The van der Waals surface area contributed by atoms with Gasteiger partial charge < -0.3 is 5.11 Å². The molecule has 2 aromatic rings. The standard InChI is InChI=1S/C12H13F3N4O3S/c1-19-6-11(16-18-19)23(21,22)17-10(7-20)8-2-4-9(5-3-8)12(13,14)15/h2-6,10,17,20H,7H2,1H3. The molecule has 23 heavy (non-hydrogen) atoms. The van der Waals surface area contributed by atoms with Crippen LogP contribution < -0.4 is 4.72 Å². The first-order valence-corrected chi connectivity index (χ1v) is 7.78. The summed E-state index contributed by atoms with van der Waals surface area (Å²) in [6, 6.07) is 2.72. The summed E-state index contributed by atoms with van der Waals surface area (Å²) < 4.78 is 65.1. The van der Waals surface area contributed by atoms with E-state index in [1.807, 2.05) is 0 Å². The lowest BCUT2D eigenvalue weighted by Gasteiger charge is -2.16. The van der Waals surface area contributed by atoms with Crippen LogP contribution in [0.3, 0.4) is 0 Å². The van der Waals surface area contributed by atoms with Crippen LogP contribution >= 0.6 is 0 Å². The molecule has 1 aromatic heterocycles. The lowest BCUT2D eigenvalue weighted by atomic mass is 10.1. The summed E-state index contributed by atoms with van der Waals surface area (Å²) in [5, 5.41) is 15.9. The van der Waals surface area contributed by atoms with E-state index in [1.54, 1.807) is 0 Å². The number of aliphatic hydroxyl groups excluding tert-OH is 1.